The zero-order valence-corrected chi connectivity index (χ0v) is 41.7. The van der Waals surface area contributed by atoms with Gasteiger partial charge in [0.05, 0.1) is 38.1 Å². The topological polar surface area (TPSA) is 156 Å². The van der Waals surface area contributed by atoms with Gasteiger partial charge in [0, 0.05) is 44.1 Å². The van der Waals surface area contributed by atoms with Crippen LogP contribution in [0.4, 0.5) is 4.79 Å². The van der Waals surface area contributed by atoms with Crippen molar-refractivity contribution >= 4 is 11.8 Å². The normalized spacial score (nSPS) is 24.3. The van der Waals surface area contributed by atoms with E-state index in [1.807, 2.05) is 72.8 Å². The van der Waals surface area contributed by atoms with Crippen molar-refractivity contribution in [2.75, 3.05) is 46.4 Å². The molecule has 4 aromatic carbocycles. The van der Waals surface area contributed by atoms with E-state index in [4.69, 9.17) is 47.9 Å². The van der Waals surface area contributed by atoms with E-state index in [9.17, 15) is 10.2 Å². The van der Waals surface area contributed by atoms with Gasteiger partial charge >= 0.3 is 6.09 Å². The number of ether oxygens (including phenoxy) is 8. The number of unbranched alkanes of at least 4 members (excludes halogenated alkanes) is 2. The average Bonchev–Trinajstić information content (AvgIpc) is 3.88. The molecule has 7 unspecified atom stereocenters. The Bertz CT molecular complexity index is 2530. The van der Waals surface area contributed by atoms with Crippen molar-refractivity contribution in [3.8, 4) is 28.7 Å². The molecule has 3 aliphatic heterocycles. The lowest BCUT2D eigenvalue weighted by Crippen LogP contribution is -2.70. The maximum absolute atomic E-state index is 15.2. The van der Waals surface area contributed by atoms with Gasteiger partial charge in [0.25, 0.3) is 0 Å². The third-order valence-corrected chi connectivity index (χ3v) is 14.7. The molecule has 1 saturated carbocycles. The highest BCUT2D eigenvalue weighted by Crippen LogP contribution is 2.62. The predicted octanol–water partition coefficient (Wildman–Crippen LogP) is 10.8. The number of carbonyl (C=O) groups is 1. The second kappa shape index (κ2) is 24.2. The number of amides is 1. The first-order chi connectivity index (χ1) is 35.3. The number of hydrogen-bond donors (Lipinski definition) is 2. The van der Waals surface area contributed by atoms with Crippen molar-refractivity contribution in [1.29, 1.82) is 0 Å². The first-order valence-electron chi connectivity index (χ1n) is 25.8. The molecule has 4 aromatic rings. The Kier molecular flexibility index (Phi) is 17.2. The molecule has 3 heterocycles. The predicted molar refractivity (Wildman–Crippen MR) is 271 cm³/mol. The number of aryl methyl sites for hydroxylation is 2. The molecular weight excluding hydrogens is 917 g/mol. The first-order valence-corrected chi connectivity index (χ1v) is 25.8. The summed E-state index contributed by atoms with van der Waals surface area (Å²) in [5.41, 5.74) is 6.61. The molecule has 0 radical (unpaired) electrons. The van der Waals surface area contributed by atoms with E-state index in [1.54, 1.807) is 11.0 Å². The standard InChI is InChI=1S/C58H70N2O12/c1-4-27-69-58-53(60(36-42-20-23-51-52(32-42)68-38-67-51)57(63)66-30-29-64-37-41-14-6-5-7-15-41)35-49(59-72-54-18-10-13-28-65-54)47-33-43(16-8-11-25-61)46(17-9-12-26-62)55(56(47)58)48-34-45(22-24-50(48)71-58)70-44-21-19-39(2)40(3)31-44/h4-7,14-15,19-24,31-34,43,46,53-56,61-62H,1,8-13,16-18,25-30,35-38H2,2-3H3. The molecule has 2 aliphatic carbocycles. The highest BCUT2D eigenvalue weighted by Gasteiger charge is 2.66. The zero-order valence-electron chi connectivity index (χ0n) is 41.7. The quantitative estimate of drug-likeness (QED) is 0.0413. The lowest BCUT2D eigenvalue weighted by Gasteiger charge is -2.59. The fourth-order valence-corrected chi connectivity index (χ4v) is 11.1. The van der Waals surface area contributed by atoms with E-state index in [2.05, 4.69) is 38.6 Å². The van der Waals surface area contributed by atoms with Gasteiger partial charge in [-0.1, -0.05) is 72.6 Å². The smallest absolute Gasteiger partial charge is 0.410 e. The number of aliphatic hydroxyl groups excluding tert-OH is 2. The molecule has 72 heavy (non-hydrogen) atoms. The molecule has 2 fully saturated rings. The van der Waals surface area contributed by atoms with Gasteiger partial charge in [0.15, 0.2) is 11.5 Å². The third kappa shape index (κ3) is 11.6. The van der Waals surface area contributed by atoms with Gasteiger partial charge in [-0.2, -0.15) is 0 Å². The molecule has 5 aliphatic rings. The van der Waals surface area contributed by atoms with Crippen LogP contribution < -0.4 is 18.9 Å². The summed E-state index contributed by atoms with van der Waals surface area (Å²) in [6.45, 7) is 9.82. The van der Waals surface area contributed by atoms with Gasteiger partial charge in [0.2, 0.25) is 18.9 Å². The zero-order chi connectivity index (χ0) is 49.9. The molecule has 9 rings (SSSR count). The van der Waals surface area contributed by atoms with Crippen molar-refractivity contribution in [3.63, 3.8) is 0 Å². The minimum absolute atomic E-state index is 0.00769. The van der Waals surface area contributed by atoms with Crippen LogP contribution in [0, 0.1) is 31.6 Å². The maximum atomic E-state index is 15.2. The SMILES string of the molecule is C=CCOC12Oc3ccc(Oc4ccc(C)c(C)c4)cc3C3C(CCCCO)C(CCCCO)C=C(C(=NOC4CCCCO4)CC1N(Cc1ccc4c(c1)OCO4)C(=O)OCCOCc1ccccc1)C32. The molecule has 0 bridgehead atoms. The van der Waals surface area contributed by atoms with Crippen LogP contribution in [-0.4, -0.2) is 91.5 Å². The van der Waals surface area contributed by atoms with Crippen LogP contribution in [0.25, 0.3) is 0 Å². The highest BCUT2D eigenvalue weighted by molar-refractivity contribution is 6.03. The van der Waals surface area contributed by atoms with Crippen molar-refractivity contribution in [1.82, 2.24) is 4.90 Å². The minimum atomic E-state index is -1.53. The van der Waals surface area contributed by atoms with Crippen LogP contribution in [-0.2, 0) is 36.9 Å². The number of aliphatic hydroxyl groups is 2. The van der Waals surface area contributed by atoms with Crippen LogP contribution in [0.15, 0.2) is 114 Å². The van der Waals surface area contributed by atoms with Crippen molar-refractivity contribution < 1.29 is 57.7 Å². The van der Waals surface area contributed by atoms with Crippen LogP contribution in [0.3, 0.4) is 0 Å². The van der Waals surface area contributed by atoms with Crippen molar-refractivity contribution in [3.05, 3.63) is 137 Å². The van der Waals surface area contributed by atoms with Gasteiger partial charge in [0.1, 0.15) is 29.9 Å². The fourth-order valence-electron chi connectivity index (χ4n) is 11.1. The number of carbonyl (C=O) groups excluding carboxylic acids is 1. The Morgan fingerprint density at radius 2 is 1.65 bits per heavy atom. The highest BCUT2D eigenvalue weighted by atomic mass is 16.8. The van der Waals surface area contributed by atoms with Gasteiger partial charge in [-0.05, 0) is 134 Å². The summed E-state index contributed by atoms with van der Waals surface area (Å²) in [7, 11) is 0. The molecule has 7 atom stereocenters. The Morgan fingerprint density at radius 3 is 2.44 bits per heavy atom. The van der Waals surface area contributed by atoms with Crippen LogP contribution in [0.5, 0.6) is 28.7 Å². The lowest BCUT2D eigenvalue weighted by molar-refractivity contribution is -0.256. The van der Waals surface area contributed by atoms with E-state index in [1.165, 1.54) is 5.56 Å². The Balaban J connectivity index is 1.19. The van der Waals surface area contributed by atoms with E-state index in [0.717, 1.165) is 72.1 Å². The monoisotopic (exact) mass is 986 g/mol. The molecule has 14 heteroatoms. The summed E-state index contributed by atoms with van der Waals surface area (Å²) in [4.78, 5) is 23.3. The summed E-state index contributed by atoms with van der Waals surface area (Å²) in [5.74, 6) is 0.889. The second-order valence-corrected chi connectivity index (χ2v) is 19.5. The van der Waals surface area contributed by atoms with Crippen LogP contribution >= 0.6 is 0 Å². The van der Waals surface area contributed by atoms with Gasteiger partial charge in [-0.3, -0.25) is 4.90 Å². The Morgan fingerprint density at radius 1 is 0.861 bits per heavy atom. The number of benzene rings is 4. The fraction of sp³-hybridized carbons (Fsp3) is 0.483. The molecule has 1 amide bonds. The Hall–Kier alpha value is -5.90. The number of allylic oxidation sites excluding steroid dienone is 1. The van der Waals surface area contributed by atoms with Crippen molar-refractivity contribution in [2.24, 2.45) is 22.9 Å². The van der Waals surface area contributed by atoms with Gasteiger partial charge < -0.3 is 52.9 Å². The summed E-state index contributed by atoms with van der Waals surface area (Å²) >= 11 is 0. The largest absolute Gasteiger partial charge is 0.459 e. The third-order valence-electron chi connectivity index (χ3n) is 14.7. The molecule has 14 nitrogen and oxygen atoms in total. The summed E-state index contributed by atoms with van der Waals surface area (Å²) in [6, 6.07) is 26.7. The summed E-state index contributed by atoms with van der Waals surface area (Å²) < 4.78 is 51.2. The maximum Gasteiger partial charge on any atom is 0.410 e. The van der Waals surface area contributed by atoms with E-state index >= 15 is 4.79 Å². The molecule has 0 spiro atoms. The van der Waals surface area contributed by atoms with E-state index < -0.39 is 30.1 Å². The summed E-state index contributed by atoms with van der Waals surface area (Å²) in [5, 5.41) is 25.2. The van der Waals surface area contributed by atoms with Crippen LogP contribution in [0.1, 0.15) is 97.9 Å². The lowest BCUT2D eigenvalue weighted by atomic mass is 9.55. The average molecular weight is 987 g/mol. The summed E-state index contributed by atoms with van der Waals surface area (Å²) in [6.07, 6.45) is 10.2. The number of oxime groups is 1. The molecule has 384 valence electrons. The molecule has 2 N–H and O–H groups in total. The molecule has 0 aromatic heterocycles. The number of fused-ring (bicyclic) bond motifs is 3. The molecular formula is C58H70N2O12. The van der Waals surface area contributed by atoms with Crippen molar-refractivity contribution in [2.45, 2.75) is 115 Å². The molecule has 1 saturated heterocycles. The number of nitrogens with zero attached hydrogens (tertiary/aromatic N) is 2. The Labute approximate surface area is 423 Å². The van der Waals surface area contributed by atoms with Crippen LogP contribution in [0.2, 0.25) is 0 Å². The minimum Gasteiger partial charge on any atom is -0.459 e. The van der Waals surface area contributed by atoms with Gasteiger partial charge in [-0.25, -0.2) is 4.79 Å². The number of rotatable bonds is 23. The van der Waals surface area contributed by atoms with E-state index in [-0.39, 0.29) is 70.5 Å². The second-order valence-electron chi connectivity index (χ2n) is 19.5. The van der Waals surface area contributed by atoms with E-state index in [0.29, 0.717) is 61.2 Å². The van der Waals surface area contributed by atoms with Gasteiger partial charge in [-0.15, -0.1) is 6.58 Å². The number of hydrogen-bond acceptors (Lipinski definition) is 13. The first kappa shape index (κ1) is 51.0.